The zero-order valence-corrected chi connectivity index (χ0v) is 25.8. The van der Waals surface area contributed by atoms with Crippen molar-refractivity contribution in [3.8, 4) is 0 Å². The molecule has 0 aromatic rings. The molecule has 6 nitrogen and oxygen atoms in total. The molecule has 0 aliphatic heterocycles. The fraction of sp³-hybridized carbons (Fsp3) is 0.848. The average Bonchev–Trinajstić information content (AvgIpc) is 2.82. The van der Waals surface area contributed by atoms with Crippen LogP contribution in [0.25, 0.3) is 0 Å². The summed E-state index contributed by atoms with van der Waals surface area (Å²) in [7, 11) is 1.43. The molecule has 1 amide bonds. The molecule has 0 radical (unpaired) electrons. The van der Waals surface area contributed by atoms with Crippen LogP contribution < -0.4 is 0 Å². The Morgan fingerprint density at radius 3 is 2.21 bits per heavy atom. The minimum absolute atomic E-state index is 0.0633. The van der Waals surface area contributed by atoms with Gasteiger partial charge in [-0.15, -0.1) is 0 Å². The van der Waals surface area contributed by atoms with E-state index in [0.29, 0.717) is 12.3 Å². The highest BCUT2D eigenvalue weighted by molar-refractivity contribution is 5.95. The molecule has 0 heterocycles. The number of rotatable bonds is 2. The van der Waals surface area contributed by atoms with Gasteiger partial charge in [0.2, 0.25) is 0 Å². The Kier molecular flexibility index (Phi) is 6.40. The Balaban J connectivity index is 1.57. The van der Waals surface area contributed by atoms with Crippen LogP contribution in [-0.4, -0.2) is 41.1 Å². The van der Waals surface area contributed by atoms with E-state index in [4.69, 9.17) is 4.74 Å². The number of hydrogen-bond donors (Lipinski definition) is 1. The molecule has 6 heteroatoms. The molecule has 4 saturated carbocycles. The molecular weight excluding hydrogens is 490 g/mol. The van der Waals surface area contributed by atoms with Gasteiger partial charge in [0.15, 0.2) is 5.78 Å². The zero-order valence-electron chi connectivity index (χ0n) is 25.8. The number of amides is 1. The van der Waals surface area contributed by atoms with Crippen molar-refractivity contribution in [2.75, 3.05) is 7.05 Å². The standard InChI is InChI=1S/C33H51NO5/c1-20(35)39-25-11-12-31(6)24(28(25,2)3)10-13-33(8)26(31)23(36)18-21-22-19-30(5,27(37)34(9)38)15-14-29(22,4)16-17-32(21,33)7/h18,22,24-26,38H,10-17,19H2,1-9H3/t22-,24+,25+,26-,29-,30+,31+,32-,33-/m1/s1. The molecule has 0 aromatic carbocycles. The molecule has 5 aliphatic rings. The number of hydroxylamine groups is 2. The molecule has 5 rings (SSSR count). The van der Waals surface area contributed by atoms with Gasteiger partial charge in [-0.05, 0) is 97.4 Å². The smallest absolute Gasteiger partial charge is 0.302 e. The van der Waals surface area contributed by atoms with Crippen LogP contribution in [-0.2, 0) is 19.1 Å². The number of ether oxygens (including phenoxy) is 1. The Hall–Kier alpha value is -1.69. The molecular formula is C33H51NO5. The van der Waals surface area contributed by atoms with Gasteiger partial charge in [0.1, 0.15) is 6.10 Å². The van der Waals surface area contributed by atoms with Crippen molar-refractivity contribution in [2.45, 2.75) is 119 Å². The van der Waals surface area contributed by atoms with E-state index in [1.807, 2.05) is 13.0 Å². The van der Waals surface area contributed by atoms with Crippen LogP contribution in [0.3, 0.4) is 0 Å². The minimum Gasteiger partial charge on any atom is -0.462 e. The van der Waals surface area contributed by atoms with Gasteiger partial charge in [-0.3, -0.25) is 19.6 Å². The molecule has 0 saturated heterocycles. The fourth-order valence-corrected chi connectivity index (χ4v) is 11.2. The van der Waals surface area contributed by atoms with Gasteiger partial charge in [0, 0.05) is 30.7 Å². The molecule has 0 aromatic heterocycles. The predicted molar refractivity (Wildman–Crippen MR) is 150 cm³/mol. The first-order valence-corrected chi connectivity index (χ1v) is 15.3. The second kappa shape index (κ2) is 8.66. The van der Waals surface area contributed by atoms with Crippen molar-refractivity contribution in [2.24, 2.45) is 50.2 Å². The number of nitrogens with zero attached hydrogens (tertiary/aromatic N) is 1. The largest absolute Gasteiger partial charge is 0.462 e. The van der Waals surface area contributed by atoms with Crippen molar-refractivity contribution in [3.63, 3.8) is 0 Å². The van der Waals surface area contributed by atoms with Crippen molar-refractivity contribution in [3.05, 3.63) is 11.6 Å². The van der Waals surface area contributed by atoms with Gasteiger partial charge < -0.3 is 4.74 Å². The molecule has 0 bridgehead atoms. The number of fused-ring (bicyclic) bond motifs is 7. The maximum Gasteiger partial charge on any atom is 0.302 e. The van der Waals surface area contributed by atoms with Crippen LogP contribution in [0.5, 0.6) is 0 Å². The molecule has 0 spiro atoms. The number of esters is 1. The Bertz CT molecular complexity index is 1130. The van der Waals surface area contributed by atoms with Gasteiger partial charge in [-0.1, -0.05) is 54.0 Å². The SMILES string of the molecule is CC(=O)O[C@H]1CC[C@]2(C)[C@H]3C(=O)C=C4[C@H]5C[C@@](C)(C(=O)N(C)O)CC[C@]5(C)CC[C@@]4(C)[C@]3(C)CC[C@H]2C1(C)C. The lowest BCUT2D eigenvalue weighted by Crippen LogP contribution is -2.66. The Labute approximate surface area is 235 Å². The summed E-state index contributed by atoms with van der Waals surface area (Å²) in [6, 6.07) is 0. The van der Waals surface area contributed by atoms with Crippen molar-refractivity contribution in [1.29, 1.82) is 0 Å². The summed E-state index contributed by atoms with van der Waals surface area (Å²) >= 11 is 0. The number of hydrogen-bond acceptors (Lipinski definition) is 5. The van der Waals surface area contributed by atoms with E-state index in [2.05, 4.69) is 41.5 Å². The highest BCUT2D eigenvalue weighted by Gasteiger charge is 2.70. The molecule has 218 valence electrons. The summed E-state index contributed by atoms with van der Waals surface area (Å²) in [5.41, 5.74) is 0.0629. The minimum atomic E-state index is -0.629. The highest BCUT2D eigenvalue weighted by atomic mass is 16.5. The van der Waals surface area contributed by atoms with Gasteiger partial charge in [-0.25, -0.2) is 5.06 Å². The maximum absolute atomic E-state index is 14.5. The quantitative estimate of drug-likeness (QED) is 0.238. The summed E-state index contributed by atoms with van der Waals surface area (Å²) in [4.78, 5) is 39.5. The van der Waals surface area contributed by atoms with Crippen molar-refractivity contribution < 1.29 is 24.3 Å². The maximum atomic E-state index is 14.5. The van der Waals surface area contributed by atoms with E-state index in [9.17, 15) is 19.6 Å². The summed E-state index contributed by atoms with van der Waals surface area (Å²) in [6.07, 6.45) is 10.1. The predicted octanol–water partition coefficient (Wildman–Crippen LogP) is 6.75. The third-order valence-corrected chi connectivity index (χ3v) is 13.6. The second-order valence-corrected chi connectivity index (χ2v) is 16.0. The molecule has 9 atom stereocenters. The Morgan fingerprint density at radius 2 is 1.59 bits per heavy atom. The van der Waals surface area contributed by atoms with Crippen LogP contribution in [0.4, 0.5) is 0 Å². The lowest BCUT2D eigenvalue weighted by molar-refractivity contribution is -0.210. The Morgan fingerprint density at radius 1 is 0.949 bits per heavy atom. The monoisotopic (exact) mass is 541 g/mol. The zero-order chi connectivity index (χ0) is 29.0. The topological polar surface area (TPSA) is 83.9 Å². The van der Waals surface area contributed by atoms with E-state index in [1.165, 1.54) is 19.5 Å². The normalized spacial score (nSPS) is 48.5. The van der Waals surface area contributed by atoms with Gasteiger partial charge >= 0.3 is 5.97 Å². The first kappa shape index (κ1) is 28.8. The third-order valence-electron chi connectivity index (χ3n) is 13.6. The highest BCUT2D eigenvalue weighted by Crippen LogP contribution is 2.75. The van der Waals surface area contributed by atoms with Crippen molar-refractivity contribution in [1.82, 2.24) is 5.06 Å². The first-order valence-electron chi connectivity index (χ1n) is 15.3. The van der Waals surface area contributed by atoms with E-state index in [1.54, 1.807) is 0 Å². The van der Waals surface area contributed by atoms with E-state index >= 15 is 0 Å². The lowest BCUT2D eigenvalue weighted by atomic mass is 9.33. The summed E-state index contributed by atoms with van der Waals surface area (Å²) in [5.74, 6) is 0.210. The second-order valence-electron chi connectivity index (χ2n) is 16.0. The number of carbonyl (C=O) groups is 3. The van der Waals surface area contributed by atoms with E-state index < -0.39 is 5.41 Å². The average molecular weight is 542 g/mol. The molecule has 1 N–H and O–H groups in total. The summed E-state index contributed by atoms with van der Waals surface area (Å²) in [5, 5.41) is 10.8. The van der Waals surface area contributed by atoms with Crippen molar-refractivity contribution >= 4 is 17.7 Å². The van der Waals surface area contributed by atoms with Gasteiger partial charge in [0.05, 0.1) is 0 Å². The lowest BCUT2D eigenvalue weighted by Gasteiger charge is -2.70. The summed E-state index contributed by atoms with van der Waals surface area (Å²) in [6.45, 7) is 17.5. The van der Waals surface area contributed by atoms with E-state index in [0.717, 1.165) is 56.4 Å². The molecule has 39 heavy (non-hydrogen) atoms. The molecule has 4 fully saturated rings. The van der Waals surface area contributed by atoms with Crippen LogP contribution in [0, 0.1) is 50.2 Å². The molecule has 0 unspecified atom stereocenters. The number of allylic oxidation sites excluding steroid dienone is 2. The van der Waals surface area contributed by atoms with Gasteiger partial charge in [-0.2, -0.15) is 0 Å². The summed E-state index contributed by atoms with van der Waals surface area (Å²) < 4.78 is 5.84. The van der Waals surface area contributed by atoms with Crippen LogP contribution in [0.15, 0.2) is 11.6 Å². The number of ketones is 1. The van der Waals surface area contributed by atoms with Crippen LogP contribution in [0.2, 0.25) is 0 Å². The van der Waals surface area contributed by atoms with E-state index in [-0.39, 0.29) is 62.7 Å². The van der Waals surface area contributed by atoms with Crippen LogP contribution >= 0.6 is 0 Å². The fourth-order valence-electron chi connectivity index (χ4n) is 11.2. The number of carbonyl (C=O) groups excluding carboxylic acids is 3. The van der Waals surface area contributed by atoms with Crippen LogP contribution in [0.1, 0.15) is 113 Å². The molecule has 5 aliphatic carbocycles. The third kappa shape index (κ3) is 3.78. The first-order chi connectivity index (χ1) is 17.9. The van der Waals surface area contributed by atoms with Gasteiger partial charge in [0.25, 0.3) is 5.91 Å².